The molecule has 1 rings (SSSR count). The van der Waals surface area contributed by atoms with Crippen LogP contribution in [-0.4, -0.2) is 7.11 Å². The topological polar surface area (TPSA) is 9.23 Å². The Morgan fingerprint density at radius 2 is 1.95 bits per heavy atom. The minimum absolute atomic E-state index is 0.125. The van der Waals surface area contributed by atoms with Gasteiger partial charge >= 0.3 is 6.18 Å². The monoisotopic (exact) mass is 272 g/mol. The number of benzene rings is 1. The summed E-state index contributed by atoms with van der Waals surface area (Å²) in [5.41, 5.74) is 0.126. The predicted octanol–water partition coefficient (Wildman–Crippen LogP) is 5.17. The smallest absolute Gasteiger partial charge is 0.416 e. The molecule has 106 valence electrons. The summed E-state index contributed by atoms with van der Waals surface area (Å²) in [5, 5.41) is 0. The van der Waals surface area contributed by atoms with E-state index in [1.54, 1.807) is 0 Å². The standard InChI is InChI=1S/C15H19F3O/c1-4-5-6-7-11(2)13-9-8-12(15(16,17)18)10-14(13)19-3/h5-6,8-11H,4,7H2,1-3H3/b6-5-. The summed E-state index contributed by atoms with van der Waals surface area (Å²) in [7, 11) is 1.40. The van der Waals surface area contributed by atoms with Crippen LogP contribution in [0.3, 0.4) is 0 Å². The Hall–Kier alpha value is -1.45. The molecule has 0 spiro atoms. The molecule has 0 saturated heterocycles. The van der Waals surface area contributed by atoms with Gasteiger partial charge in [0, 0.05) is 0 Å². The van der Waals surface area contributed by atoms with Gasteiger partial charge in [-0.3, -0.25) is 0 Å². The average molecular weight is 272 g/mol. The van der Waals surface area contributed by atoms with Crippen LogP contribution in [0, 0.1) is 0 Å². The molecule has 0 amide bonds. The fourth-order valence-electron chi connectivity index (χ4n) is 1.89. The third-order valence-corrected chi connectivity index (χ3v) is 2.98. The third kappa shape index (κ3) is 4.30. The lowest BCUT2D eigenvalue weighted by atomic mass is 9.95. The minimum Gasteiger partial charge on any atom is -0.496 e. The number of hydrogen-bond donors (Lipinski definition) is 0. The lowest BCUT2D eigenvalue weighted by Crippen LogP contribution is -2.06. The van der Waals surface area contributed by atoms with Gasteiger partial charge in [0.1, 0.15) is 5.75 Å². The molecular formula is C15H19F3O. The van der Waals surface area contributed by atoms with Crippen LogP contribution in [0.25, 0.3) is 0 Å². The number of ether oxygens (including phenoxy) is 1. The first kappa shape index (κ1) is 15.6. The highest BCUT2D eigenvalue weighted by molar-refractivity contribution is 5.41. The van der Waals surface area contributed by atoms with Gasteiger partial charge in [-0.2, -0.15) is 13.2 Å². The number of allylic oxidation sites excluding steroid dienone is 2. The van der Waals surface area contributed by atoms with Gasteiger partial charge in [0.15, 0.2) is 0 Å². The van der Waals surface area contributed by atoms with Crippen molar-refractivity contribution in [2.24, 2.45) is 0 Å². The third-order valence-electron chi connectivity index (χ3n) is 2.98. The Morgan fingerprint density at radius 3 is 2.47 bits per heavy atom. The van der Waals surface area contributed by atoms with E-state index in [9.17, 15) is 13.2 Å². The van der Waals surface area contributed by atoms with Gasteiger partial charge in [0.25, 0.3) is 0 Å². The minimum atomic E-state index is -4.34. The van der Waals surface area contributed by atoms with Gasteiger partial charge in [0.2, 0.25) is 0 Å². The average Bonchev–Trinajstić information content (AvgIpc) is 2.37. The highest BCUT2D eigenvalue weighted by atomic mass is 19.4. The van der Waals surface area contributed by atoms with Gasteiger partial charge in [0.05, 0.1) is 12.7 Å². The summed E-state index contributed by atoms with van der Waals surface area (Å²) < 4.78 is 42.9. The fourth-order valence-corrected chi connectivity index (χ4v) is 1.89. The van der Waals surface area contributed by atoms with Crippen molar-refractivity contribution >= 4 is 0 Å². The van der Waals surface area contributed by atoms with Crippen molar-refractivity contribution in [1.82, 2.24) is 0 Å². The van der Waals surface area contributed by atoms with Crippen LogP contribution in [0.2, 0.25) is 0 Å². The summed E-state index contributed by atoms with van der Waals surface area (Å²) >= 11 is 0. The van der Waals surface area contributed by atoms with E-state index in [1.165, 1.54) is 13.2 Å². The molecule has 0 fully saturated rings. The van der Waals surface area contributed by atoms with E-state index in [0.29, 0.717) is 5.75 Å². The molecule has 0 aliphatic heterocycles. The Morgan fingerprint density at radius 1 is 1.26 bits per heavy atom. The predicted molar refractivity (Wildman–Crippen MR) is 70.5 cm³/mol. The van der Waals surface area contributed by atoms with Crippen molar-refractivity contribution in [1.29, 1.82) is 0 Å². The SMILES string of the molecule is CC/C=C\CC(C)c1ccc(C(F)(F)F)cc1OC. The first-order valence-corrected chi connectivity index (χ1v) is 6.30. The molecule has 0 aliphatic rings. The molecule has 0 radical (unpaired) electrons. The zero-order valence-corrected chi connectivity index (χ0v) is 11.4. The lowest BCUT2D eigenvalue weighted by molar-refractivity contribution is -0.137. The molecule has 0 heterocycles. The second-order valence-electron chi connectivity index (χ2n) is 4.47. The molecule has 19 heavy (non-hydrogen) atoms. The van der Waals surface area contributed by atoms with Crippen molar-refractivity contribution in [3.05, 3.63) is 41.5 Å². The maximum absolute atomic E-state index is 12.6. The van der Waals surface area contributed by atoms with Crippen molar-refractivity contribution < 1.29 is 17.9 Å². The van der Waals surface area contributed by atoms with Crippen LogP contribution in [0.1, 0.15) is 43.7 Å². The number of halogens is 3. The van der Waals surface area contributed by atoms with Crippen LogP contribution in [0.5, 0.6) is 5.75 Å². The van der Waals surface area contributed by atoms with Gasteiger partial charge in [-0.05, 0) is 36.5 Å². The quantitative estimate of drug-likeness (QED) is 0.671. The van der Waals surface area contributed by atoms with Crippen LogP contribution >= 0.6 is 0 Å². The van der Waals surface area contributed by atoms with E-state index in [4.69, 9.17) is 4.74 Å². The lowest BCUT2D eigenvalue weighted by Gasteiger charge is -2.16. The summed E-state index contributed by atoms with van der Waals surface area (Å²) in [6.07, 6.45) is 1.50. The van der Waals surface area contributed by atoms with Gasteiger partial charge in [-0.25, -0.2) is 0 Å². The highest BCUT2D eigenvalue weighted by Crippen LogP contribution is 2.36. The van der Waals surface area contributed by atoms with Crippen molar-refractivity contribution in [3.8, 4) is 5.75 Å². The molecule has 4 heteroatoms. The Bertz CT molecular complexity index is 436. The second kappa shape index (κ2) is 6.64. The zero-order valence-electron chi connectivity index (χ0n) is 11.4. The van der Waals surface area contributed by atoms with E-state index in [2.05, 4.69) is 0 Å². The van der Waals surface area contributed by atoms with Crippen LogP contribution in [0.15, 0.2) is 30.4 Å². The van der Waals surface area contributed by atoms with Crippen molar-refractivity contribution in [2.75, 3.05) is 7.11 Å². The van der Waals surface area contributed by atoms with E-state index >= 15 is 0 Å². The number of rotatable bonds is 5. The first-order chi connectivity index (χ1) is 8.90. The molecular weight excluding hydrogens is 253 g/mol. The number of hydrogen-bond acceptors (Lipinski definition) is 1. The second-order valence-corrected chi connectivity index (χ2v) is 4.47. The van der Waals surface area contributed by atoms with Crippen molar-refractivity contribution in [2.45, 2.75) is 38.8 Å². The van der Waals surface area contributed by atoms with Crippen LogP contribution in [0.4, 0.5) is 13.2 Å². The maximum Gasteiger partial charge on any atom is 0.416 e. The fraction of sp³-hybridized carbons (Fsp3) is 0.467. The molecule has 1 aromatic carbocycles. The zero-order chi connectivity index (χ0) is 14.5. The van der Waals surface area contributed by atoms with E-state index in [0.717, 1.165) is 30.5 Å². The Labute approximate surface area is 112 Å². The van der Waals surface area contributed by atoms with Gasteiger partial charge in [-0.15, -0.1) is 0 Å². The molecule has 0 aromatic heterocycles. The summed E-state index contributed by atoms with van der Waals surface area (Å²) in [6.45, 7) is 4.02. The van der Waals surface area contributed by atoms with Gasteiger partial charge in [-0.1, -0.05) is 32.1 Å². The molecule has 1 nitrogen and oxygen atoms in total. The maximum atomic E-state index is 12.6. The van der Waals surface area contributed by atoms with E-state index in [1.807, 2.05) is 26.0 Å². The normalized spacial score (nSPS) is 13.8. The Balaban J connectivity index is 2.99. The Kier molecular flexibility index (Phi) is 5.45. The summed E-state index contributed by atoms with van der Waals surface area (Å²) in [4.78, 5) is 0. The first-order valence-electron chi connectivity index (χ1n) is 6.30. The highest BCUT2D eigenvalue weighted by Gasteiger charge is 2.31. The molecule has 0 saturated carbocycles. The molecule has 1 atom stereocenters. The molecule has 0 aliphatic carbocycles. The number of methoxy groups -OCH3 is 1. The molecule has 0 bridgehead atoms. The molecule has 1 aromatic rings. The largest absolute Gasteiger partial charge is 0.496 e. The van der Waals surface area contributed by atoms with Crippen LogP contribution in [-0.2, 0) is 6.18 Å². The van der Waals surface area contributed by atoms with E-state index in [-0.39, 0.29) is 5.92 Å². The summed E-state index contributed by atoms with van der Waals surface area (Å²) in [5.74, 6) is 0.423. The summed E-state index contributed by atoms with van der Waals surface area (Å²) in [6, 6.07) is 3.68. The van der Waals surface area contributed by atoms with Crippen molar-refractivity contribution in [3.63, 3.8) is 0 Å². The van der Waals surface area contributed by atoms with Gasteiger partial charge < -0.3 is 4.74 Å². The van der Waals surface area contributed by atoms with E-state index < -0.39 is 11.7 Å². The van der Waals surface area contributed by atoms with Crippen LogP contribution < -0.4 is 4.74 Å². The molecule has 1 unspecified atom stereocenters. The number of alkyl halides is 3. The molecule has 0 N–H and O–H groups in total.